The van der Waals surface area contributed by atoms with Crippen LogP contribution in [0.3, 0.4) is 0 Å². The summed E-state index contributed by atoms with van der Waals surface area (Å²) in [4.78, 5) is 10.9. The number of rotatable bonds is 5. The molecular formula is C20H15F3O4. The monoisotopic (exact) mass is 376 g/mol. The summed E-state index contributed by atoms with van der Waals surface area (Å²) in [5.41, 5.74) is 0.857. The summed E-state index contributed by atoms with van der Waals surface area (Å²) in [5.74, 6) is -0.469. The van der Waals surface area contributed by atoms with Crippen LogP contribution in [0.15, 0.2) is 59.0 Å². The van der Waals surface area contributed by atoms with E-state index in [9.17, 15) is 18.0 Å². The number of hydrogen-bond donors (Lipinski definition) is 1. The van der Waals surface area contributed by atoms with Gasteiger partial charge in [0.05, 0.1) is 5.56 Å². The summed E-state index contributed by atoms with van der Waals surface area (Å²) >= 11 is 0. The molecule has 0 unspecified atom stereocenters. The number of aromatic carboxylic acids is 1. The highest BCUT2D eigenvalue weighted by atomic mass is 19.4. The third kappa shape index (κ3) is 4.31. The van der Waals surface area contributed by atoms with Gasteiger partial charge >= 0.3 is 12.1 Å². The Labute approximate surface area is 152 Å². The second-order valence-corrected chi connectivity index (χ2v) is 5.89. The van der Waals surface area contributed by atoms with Crippen molar-refractivity contribution in [1.29, 1.82) is 0 Å². The van der Waals surface area contributed by atoms with Gasteiger partial charge in [0.2, 0.25) is 5.76 Å². The molecule has 0 radical (unpaired) electrons. The van der Waals surface area contributed by atoms with Crippen LogP contribution in [0, 0.1) is 6.92 Å². The van der Waals surface area contributed by atoms with Crippen molar-refractivity contribution in [3.63, 3.8) is 0 Å². The molecule has 1 heterocycles. The summed E-state index contributed by atoms with van der Waals surface area (Å²) in [6.45, 7) is 1.71. The maximum atomic E-state index is 12.9. The molecule has 0 bridgehead atoms. The van der Waals surface area contributed by atoms with E-state index in [0.717, 1.165) is 12.1 Å². The number of benzene rings is 2. The Kier molecular flexibility index (Phi) is 4.94. The van der Waals surface area contributed by atoms with Gasteiger partial charge in [-0.25, -0.2) is 4.79 Å². The van der Waals surface area contributed by atoms with E-state index in [1.54, 1.807) is 37.3 Å². The van der Waals surface area contributed by atoms with Crippen molar-refractivity contribution >= 4 is 5.97 Å². The molecule has 140 valence electrons. The van der Waals surface area contributed by atoms with Gasteiger partial charge in [0.1, 0.15) is 18.1 Å². The van der Waals surface area contributed by atoms with Gasteiger partial charge in [0.25, 0.3) is 0 Å². The van der Waals surface area contributed by atoms with Crippen LogP contribution in [0.25, 0.3) is 11.1 Å². The lowest BCUT2D eigenvalue weighted by atomic mass is 10.0. The van der Waals surface area contributed by atoms with Gasteiger partial charge in [-0.3, -0.25) is 0 Å². The minimum atomic E-state index is -4.41. The predicted octanol–water partition coefficient (Wildman–Crippen LogP) is 5.55. The summed E-state index contributed by atoms with van der Waals surface area (Å²) in [5, 5.41) is 8.94. The Morgan fingerprint density at radius 2 is 1.74 bits per heavy atom. The fourth-order valence-corrected chi connectivity index (χ4v) is 2.57. The Morgan fingerprint density at radius 3 is 2.37 bits per heavy atom. The van der Waals surface area contributed by atoms with E-state index in [1.165, 1.54) is 12.1 Å². The molecule has 4 nitrogen and oxygen atoms in total. The van der Waals surface area contributed by atoms with Gasteiger partial charge in [-0.1, -0.05) is 24.3 Å². The standard InChI is InChI=1S/C20H15F3O4/c1-12-15(10-18(27-12)19(24)25)11-26-17-7-3-5-14(9-17)13-4-2-6-16(8-13)20(21,22)23/h2-10H,11H2,1H3,(H,24,25). The minimum Gasteiger partial charge on any atom is -0.489 e. The Balaban J connectivity index is 1.79. The van der Waals surface area contributed by atoms with E-state index in [2.05, 4.69) is 0 Å². The molecular weight excluding hydrogens is 361 g/mol. The SMILES string of the molecule is Cc1oc(C(=O)O)cc1COc1cccc(-c2cccc(C(F)(F)F)c2)c1. The molecule has 2 aromatic carbocycles. The fourth-order valence-electron chi connectivity index (χ4n) is 2.57. The quantitative estimate of drug-likeness (QED) is 0.634. The van der Waals surface area contributed by atoms with Crippen LogP contribution in [0.2, 0.25) is 0 Å². The lowest BCUT2D eigenvalue weighted by Crippen LogP contribution is -2.04. The number of ether oxygens (including phenoxy) is 1. The number of aryl methyl sites for hydroxylation is 1. The van der Waals surface area contributed by atoms with E-state index in [4.69, 9.17) is 14.3 Å². The largest absolute Gasteiger partial charge is 0.489 e. The van der Waals surface area contributed by atoms with Crippen LogP contribution in [0.4, 0.5) is 13.2 Å². The van der Waals surface area contributed by atoms with Gasteiger partial charge in [0.15, 0.2) is 0 Å². The Bertz CT molecular complexity index is 973. The molecule has 0 aliphatic rings. The third-order valence-corrected chi connectivity index (χ3v) is 3.98. The molecule has 3 rings (SSSR count). The van der Waals surface area contributed by atoms with E-state index in [0.29, 0.717) is 28.2 Å². The zero-order chi connectivity index (χ0) is 19.6. The molecule has 3 aromatic rings. The summed E-state index contributed by atoms with van der Waals surface area (Å²) in [6.07, 6.45) is -4.41. The van der Waals surface area contributed by atoms with Gasteiger partial charge in [0, 0.05) is 5.56 Å². The Morgan fingerprint density at radius 1 is 1.07 bits per heavy atom. The molecule has 27 heavy (non-hydrogen) atoms. The second-order valence-electron chi connectivity index (χ2n) is 5.89. The lowest BCUT2D eigenvalue weighted by molar-refractivity contribution is -0.137. The predicted molar refractivity (Wildman–Crippen MR) is 91.6 cm³/mol. The highest BCUT2D eigenvalue weighted by Crippen LogP contribution is 2.33. The van der Waals surface area contributed by atoms with Crippen molar-refractivity contribution in [1.82, 2.24) is 0 Å². The van der Waals surface area contributed by atoms with E-state index < -0.39 is 17.7 Å². The smallest absolute Gasteiger partial charge is 0.416 e. The number of carbonyl (C=O) groups is 1. The highest BCUT2D eigenvalue weighted by molar-refractivity contribution is 5.84. The topological polar surface area (TPSA) is 59.7 Å². The number of hydrogen-bond acceptors (Lipinski definition) is 3. The molecule has 0 spiro atoms. The highest BCUT2D eigenvalue weighted by Gasteiger charge is 2.30. The number of furan rings is 1. The molecule has 0 aliphatic heterocycles. The van der Waals surface area contributed by atoms with E-state index in [-0.39, 0.29) is 12.4 Å². The first kappa shape index (κ1) is 18.6. The number of alkyl halides is 3. The molecule has 1 aromatic heterocycles. The lowest BCUT2D eigenvalue weighted by Gasteiger charge is -2.10. The first-order valence-electron chi connectivity index (χ1n) is 7.97. The second kappa shape index (κ2) is 7.19. The maximum absolute atomic E-state index is 12.9. The number of carboxylic acid groups (broad SMARTS) is 1. The molecule has 1 N–H and O–H groups in total. The van der Waals surface area contributed by atoms with Gasteiger partial charge < -0.3 is 14.3 Å². The molecule has 0 saturated heterocycles. The van der Waals surface area contributed by atoms with Crippen molar-refractivity contribution in [3.05, 3.63) is 77.2 Å². The van der Waals surface area contributed by atoms with Crippen LogP contribution in [0.1, 0.15) is 27.4 Å². The fraction of sp³-hybridized carbons (Fsp3) is 0.150. The van der Waals surface area contributed by atoms with Gasteiger partial charge in [-0.2, -0.15) is 13.2 Å². The summed E-state index contributed by atoms with van der Waals surface area (Å²) < 4.78 is 49.4. The van der Waals surface area contributed by atoms with Crippen LogP contribution in [0.5, 0.6) is 5.75 Å². The van der Waals surface area contributed by atoms with Crippen LogP contribution >= 0.6 is 0 Å². The normalized spacial score (nSPS) is 11.4. The number of carboxylic acids is 1. The molecule has 0 saturated carbocycles. The van der Waals surface area contributed by atoms with E-state index >= 15 is 0 Å². The zero-order valence-electron chi connectivity index (χ0n) is 14.2. The maximum Gasteiger partial charge on any atom is 0.416 e. The first-order chi connectivity index (χ1) is 12.7. The molecule has 0 atom stereocenters. The minimum absolute atomic E-state index is 0.0780. The zero-order valence-corrected chi connectivity index (χ0v) is 14.2. The Hall–Kier alpha value is -3.22. The van der Waals surface area contributed by atoms with Gasteiger partial charge in [-0.05, 0) is 48.4 Å². The average Bonchev–Trinajstić information content (AvgIpc) is 3.01. The van der Waals surface area contributed by atoms with Crippen molar-refractivity contribution in [2.75, 3.05) is 0 Å². The third-order valence-electron chi connectivity index (χ3n) is 3.98. The van der Waals surface area contributed by atoms with E-state index in [1.807, 2.05) is 0 Å². The van der Waals surface area contributed by atoms with Crippen LogP contribution in [-0.4, -0.2) is 11.1 Å². The van der Waals surface area contributed by atoms with Crippen molar-refractivity contribution < 1.29 is 32.2 Å². The molecule has 7 heteroatoms. The van der Waals surface area contributed by atoms with Gasteiger partial charge in [-0.15, -0.1) is 0 Å². The molecule has 0 amide bonds. The summed E-state index contributed by atoms with van der Waals surface area (Å²) in [7, 11) is 0. The van der Waals surface area contributed by atoms with Crippen LogP contribution in [-0.2, 0) is 12.8 Å². The molecule has 0 aliphatic carbocycles. The van der Waals surface area contributed by atoms with Crippen molar-refractivity contribution in [2.45, 2.75) is 19.7 Å². The summed E-state index contributed by atoms with van der Waals surface area (Å²) in [6, 6.07) is 13.1. The van der Waals surface area contributed by atoms with Crippen molar-refractivity contribution in [3.8, 4) is 16.9 Å². The average molecular weight is 376 g/mol. The van der Waals surface area contributed by atoms with Crippen molar-refractivity contribution in [2.24, 2.45) is 0 Å². The molecule has 0 fully saturated rings. The first-order valence-corrected chi connectivity index (χ1v) is 7.97. The number of halogens is 3. The van der Waals surface area contributed by atoms with Crippen LogP contribution < -0.4 is 4.74 Å².